The number of pyridine rings is 1. The topological polar surface area (TPSA) is 66.9 Å². The van der Waals surface area contributed by atoms with E-state index >= 15 is 0 Å². The van der Waals surface area contributed by atoms with Crippen molar-refractivity contribution in [1.29, 1.82) is 0 Å². The SMILES string of the molecule is CCCNc1nccc(C(=O)Nc2nccs2)c1F. The molecule has 2 heterocycles. The van der Waals surface area contributed by atoms with E-state index in [0.717, 1.165) is 6.42 Å². The Morgan fingerprint density at radius 2 is 2.26 bits per heavy atom. The second kappa shape index (κ2) is 6.24. The Morgan fingerprint density at radius 3 is 2.95 bits per heavy atom. The van der Waals surface area contributed by atoms with Gasteiger partial charge in [0.05, 0.1) is 5.56 Å². The molecule has 100 valence electrons. The molecule has 0 aliphatic heterocycles. The summed E-state index contributed by atoms with van der Waals surface area (Å²) in [4.78, 5) is 19.7. The molecule has 1 amide bonds. The van der Waals surface area contributed by atoms with E-state index in [1.165, 1.54) is 23.6 Å². The van der Waals surface area contributed by atoms with E-state index in [0.29, 0.717) is 11.7 Å². The Morgan fingerprint density at radius 1 is 1.42 bits per heavy atom. The Kier molecular flexibility index (Phi) is 4.40. The summed E-state index contributed by atoms with van der Waals surface area (Å²) in [6, 6.07) is 1.34. The van der Waals surface area contributed by atoms with Crippen LogP contribution in [0.1, 0.15) is 23.7 Å². The third kappa shape index (κ3) is 3.25. The van der Waals surface area contributed by atoms with E-state index < -0.39 is 11.7 Å². The summed E-state index contributed by atoms with van der Waals surface area (Å²) in [5, 5.41) is 7.54. The van der Waals surface area contributed by atoms with Crippen LogP contribution in [0.2, 0.25) is 0 Å². The summed E-state index contributed by atoms with van der Waals surface area (Å²) in [7, 11) is 0. The van der Waals surface area contributed by atoms with Crippen molar-refractivity contribution >= 4 is 28.2 Å². The molecule has 0 unspecified atom stereocenters. The predicted molar refractivity (Wildman–Crippen MR) is 73.0 cm³/mol. The second-order valence-electron chi connectivity index (χ2n) is 3.74. The molecule has 0 saturated heterocycles. The maximum absolute atomic E-state index is 14.1. The number of rotatable bonds is 5. The lowest BCUT2D eigenvalue weighted by Crippen LogP contribution is -2.15. The third-order valence-corrected chi connectivity index (χ3v) is 3.02. The van der Waals surface area contributed by atoms with E-state index in [-0.39, 0.29) is 11.4 Å². The number of hydrogen-bond donors (Lipinski definition) is 2. The zero-order valence-electron chi connectivity index (χ0n) is 10.3. The Bertz CT molecular complexity index is 559. The number of carbonyl (C=O) groups is 1. The van der Waals surface area contributed by atoms with Crippen LogP contribution < -0.4 is 10.6 Å². The average molecular weight is 280 g/mol. The van der Waals surface area contributed by atoms with Gasteiger partial charge in [-0.05, 0) is 12.5 Å². The molecule has 0 saturated carbocycles. The van der Waals surface area contributed by atoms with Gasteiger partial charge >= 0.3 is 0 Å². The smallest absolute Gasteiger partial charge is 0.260 e. The molecule has 0 fully saturated rings. The highest BCUT2D eigenvalue weighted by molar-refractivity contribution is 7.13. The highest BCUT2D eigenvalue weighted by Crippen LogP contribution is 2.18. The van der Waals surface area contributed by atoms with Gasteiger partial charge in [0.2, 0.25) is 0 Å². The fraction of sp³-hybridized carbons (Fsp3) is 0.250. The maximum atomic E-state index is 14.1. The van der Waals surface area contributed by atoms with Crippen LogP contribution in [0.4, 0.5) is 15.3 Å². The number of aromatic nitrogens is 2. The molecule has 0 aromatic carbocycles. The van der Waals surface area contributed by atoms with Gasteiger partial charge in [-0.15, -0.1) is 11.3 Å². The number of halogens is 1. The number of carbonyl (C=O) groups excluding carboxylic acids is 1. The van der Waals surface area contributed by atoms with Crippen molar-refractivity contribution < 1.29 is 9.18 Å². The minimum absolute atomic E-state index is 0.0520. The van der Waals surface area contributed by atoms with Crippen LogP contribution in [-0.2, 0) is 0 Å². The fourth-order valence-electron chi connectivity index (χ4n) is 1.44. The third-order valence-electron chi connectivity index (χ3n) is 2.33. The second-order valence-corrected chi connectivity index (χ2v) is 4.63. The van der Waals surface area contributed by atoms with E-state index in [9.17, 15) is 9.18 Å². The molecule has 5 nitrogen and oxygen atoms in total. The lowest BCUT2D eigenvalue weighted by atomic mass is 10.2. The molecule has 0 aliphatic carbocycles. The lowest BCUT2D eigenvalue weighted by molar-refractivity contribution is 0.102. The Hall–Kier alpha value is -2.02. The zero-order chi connectivity index (χ0) is 13.7. The van der Waals surface area contributed by atoms with Gasteiger partial charge in [0, 0.05) is 24.3 Å². The van der Waals surface area contributed by atoms with Gasteiger partial charge < -0.3 is 5.32 Å². The highest BCUT2D eigenvalue weighted by Gasteiger charge is 2.16. The van der Waals surface area contributed by atoms with Crippen molar-refractivity contribution in [3.63, 3.8) is 0 Å². The molecule has 0 bridgehead atoms. The summed E-state index contributed by atoms with van der Waals surface area (Å²) >= 11 is 1.27. The molecule has 7 heteroatoms. The van der Waals surface area contributed by atoms with Gasteiger partial charge in [-0.1, -0.05) is 6.92 Å². The van der Waals surface area contributed by atoms with Crippen LogP contribution in [0.5, 0.6) is 0 Å². The number of anilines is 2. The molecule has 0 radical (unpaired) electrons. The number of nitrogens with zero attached hydrogens (tertiary/aromatic N) is 2. The minimum atomic E-state index is -0.648. The normalized spacial score (nSPS) is 10.2. The molecule has 2 aromatic rings. The van der Waals surface area contributed by atoms with Crippen molar-refractivity contribution in [2.45, 2.75) is 13.3 Å². The van der Waals surface area contributed by atoms with E-state index in [4.69, 9.17) is 0 Å². The summed E-state index contributed by atoms with van der Waals surface area (Å²) < 4.78 is 14.1. The van der Waals surface area contributed by atoms with Gasteiger partial charge in [0.1, 0.15) is 0 Å². The average Bonchev–Trinajstić information content (AvgIpc) is 2.90. The molecule has 2 rings (SSSR count). The van der Waals surface area contributed by atoms with Crippen LogP contribution in [0.25, 0.3) is 0 Å². The maximum Gasteiger partial charge on any atom is 0.260 e. The monoisotopic (exact) mass is 280 g/mol. The fourth-order valence-corrected chi connectivity index (χ4v) is 1.96. The standard InChI is InChI=1S/C12H13FN4OS/c1-2-4-14-10-9(13)8(3-5-15-10)11(18)17-12-16-6-7-19-12/h3,5-7H,2,4H2,1H3,(H,14,15)(H,16,17,18). The number of hydrogen-bond acceptors (Lipinski definition) is 5. The number of thiazole rings is 1. The van der Waals surface area contributed by atoms with Crippen LogP contribution in [-0.4, -0.2) is 22.4 Å². The van der Waals surface area contributed by atoms with Gasteiger partial charge in [-0.3, -0.25) is 10.1 Å². The molecular weight excluding hydrogens is 267 g/mol. The van der Waals surface area contributed by atoms with Crippen LogP contribution in [0, 0.1) is 5.82 Å². The van der Waals surface area contributed by atoms with Crippen LogP contribution in [0.3, 0.4) is 0 Å². The first-order valence-electron chi connectivity index (χ1n) is 5.81. The van der Waals surface area contributed by atoms with Crippen molar-refractivity contribution in [2.24, 2.45) is 0 Å². The van der Waals surface area contributed by atoms with E-state index in [2.05, 4.69) is 20.6 Å². The van der Waals surface area contributed by atoms with Crippen molar-refractivity contribution in [1.82, 2.24) is 9.97 Å². The van der Waals surface area contributed by atoms with E-state index in [1.807, 2.05) is 6.92 Å². The van der Waals surface area contributed by atoms with Crippen LogP contribution in [0.15, 0.2) is 23.8 Å². The van der Waals surface area contributed by atoms with Gasteiger partial charge in [0.15, 0.2) is 16.8 Å². The Labute approximate surface area is 113 Å². The summed E-state index contributed by atoms with van der Waals surface area (Å²) in [5.74, 6) is -1.09. The number of nitrogens with one attached hydrogen (secondary N) is 2. The Balaban J connectivity index is 2.17. The lowest BCUT2D eigenvalue weighted by Gasteiger charge is -2.08. The first kappa shape index (κ1) is 13.4. The minimum Gasteiger partial charge on any atom is -0.368 e. The molecule has 19 heavy (non-hydrogen) atoms. The van der Waals surface area contributed by atoms with E-state index in [1.54, 1.807) is 11.6 Å². The zero-order valence-corrected chi connectivity index (χ0v) is 11.1. The highest BCUT2D eigenvalue weighted by atomic mass is 32.1. The summed E-state index contributed by atoms with van der Waals surface area (Å²) in [6.07, 6.45) is 3.81. The van der Waals surface area contributed by atoms with Gasteiger partial charge in [0.25, 0.3) is 5.91 Å². The van der Waals surface area contributed by atoms with Gasteiger partial charge in [-0.2, -0.15) is 0 Å². The summed E-state index contributed by atoms with van der Waals surface area (Å²) in [5.41, 5.74) is -0.0520. The molecule has 2 N–H and O–H groups in total. The molecule has 2 aromatic heterocycles. The molecule has 0 aliphatic rings. The first-order chi connectivity index (χ1) is 9.22. The molecule has 0 spiro atoms. The first-order valence-corrected chi connectivity index (χ1v) is 6.69. The quantitative estimate of drug-likeness (QED) is 0.883. The predicted octanol–water partition coefficient (Wildman–Crippen LogP) is 2.75. The van der Waals surface area contributed by atoms with Crippen molar-refractivity contribution in [3.8, 4) is 0 Å². The largest absolute Gasteiger partial charge is 0.368 e. The summed E-state index contributed by atoms with van der Waals surface area (Å²) in [6.45, 7) is 2.56. The van der Waals surface area contributed by atoms with Crippen molar-refractivity contribution in [2.75, 3.05) is 17.2 Å². The van der Waals surface area contributed by atoms with Crippen molar-refractivity contribution in [3.05, 3.63) is 35.2 Å². The number of amides is 1. The van der Waals surface area contributed by atoms with Gasteiger partial charge in [-0.25, -0.2) is 14.4 Å². The molecule has 0 atom stereocenters. The van der Waals surface area contributed by atoms with Crippen LogP contribution >= 0.6 is 11.3 Å². The molecular formula is C12H13FN4OS.